The van der Waals surface area contributed by atoms with Gasteiger partial charge in [0.1, 0.15) is 0 Å². The Kier molecular flexibility index (Phi) is 8.41. The highest BCUT2D eigenvalue weighted by molar-refractivity contribution is 5.95. The van der Waals surface area contributed by atoms with Crippen LogP contribution in [0.2, 0.25) is 0 Å². The summed E-state index contributed by atoms with van der Waals surface area (Å²) in [5.74, 6) is -0.717. The summed E-state index contributed by atoms with van der Waals surface area (Å²) in [5, 5.41) is 5.47. The molecule has 0 aliphatic heterocycles. The summed E-state index contributed by atoms with van der Waals surface area (Å²) in [5.41, 5.74) is 2.81. The molecular weight excluding hydrogens is 384 g/mol. The molecule has 0 saturated carbocycles. The number of anilines is 1. The van der Waals surface area contributed by atoms with Crippen molar-refractivity contribution in [2.45, 2.75) is 46.3 Å². The van der Waals surface area contributed by atoms with E-state index in [2.05, 4.69) is 10.6 Å². The summed E-state index contributed by atoms with van der Waals surface area (Å²) in [6.45, 7) is 7.52. The van der Waals surface area contributed by atoms with Crippen LogP contribution in [0.5, 0.6) is 0 Å². The quantitative estimate of drug-likeness (QED) is 0.628. The molecule has 0 aromatic heterocycles. The number of rotatable bonds is 8. The van der Waals surface area contributed by atoms with Gasteiger partial charge in [0.05, 0.1) is 25.2 Å². The zero-order valence-electron chi connectivity index (χ0n) is 17.7. The smallest absolute Gasteiger partial charge is 0.411 e. The van der Waals surface area contributed by atoms with Gasteiger partial charge in [-0.3, -0.25) is 14.9 Å². The molecule has 2 amide bonds. The number of benzene rings is 2. The van der Waals surface area contributed by atoms with Gasteiger partial charge in [0, 0.05) is 11.3 Å². The van der Waals surface area contributed by atoms with Gasteiger partial charge in [0.25, 0.3) is 5.91 Å². The molecule has 160 valence electrons. The topological polar surface area (TPSA) is 93.7 Å². The van der Waals surface area contributed by atoms with Crippen molar-refractivity contribution in [1.29, 1.82) is 0 Å². The summed E-state index contributed by atoms with van der Waals surface area (Å²) in [7, 11) is 0. The second kappa shape index (κ2) is 11.0. The number of hydrogen-bond donors (Lipinski definition) is 2. The predicted molar refractivity (Wildman–Crippen MR) is 114 cm³/mol. The summed E-state index contributed by atoms with van der Waals surface area (Å²) < 4.78 is 10.1. The lowest BCUT2D eigenvalue weighted by atomic mass is 10.0. The van der Waals surface area contributed by atoms with Gasteiger partial charge in [-0.2, -0.15) is 0 Å². The molecule has 2 rings (SSSR count). The second-order valence-electron chi connectivity index (χ2n) is 7.10. The van der Waals surface area contributed by atoms with Gasteiger partial charge < -0.3 is 14.8 Å². The molecule has 0 radical (unpaired) electrons. The first-order chi connectivity index (χ1) is 14.3. The van der Waals surface area contributed by atoms with Crippen molar-refractivity contribution in [3.8, 4) is 0 Å². The Morgan fingerprint density at radius 3 is 2.17 bits per heavy atom. The van der Waals surface area contributed by atoms with Crippen LogP contribution >= 0.6 is 0 Å². The lowest BCUT2D eigenvalue weighted by Gasteiger charge is -2.20. The molecule has 0 spiro atoms. The molecule has 7 nitrogen and oxygen atoms in total. The predicted octanol–water partition coefficient (Wildman–Crippen LogP) is 4.38. The summed E-state index contributed by atoms with van der Waals surface area (Å²) in [6.07, 6.45) is -0.765. The van der Waals surface area contributed by atoms with Crippen LogP contribution in [0.4, 0.5) is 10.5 Å². The number of ether oxygens (including phenoxy) is 2. The van der Waals surface area contributed by atoms with Gasteiger partial charge in [-0.05, 0) is 57.5 Å². The van der Waals surface area contributed by atoms with E-state index in [0.717, 1.165) is 11.1 Å². The van der Waals surface area contributed by atoms with E-state index in [0.29, 0.717) is 11.3 Å². The fourth-order valence-electron chi connectivity index (χ4n) is 2.76. The molecule has 0 saturated heterocycles. The Labute approximate surface area is 176 Å². The standard InChI is InChI=1S/C23H28N2O5/c1-5-29-23(28)24-19-12-10-18(11-13-19)22(27)25-20(14-21(26)30-15(2)3)17-8-6-16(4)7-9-17/h6-13,15,20H,5,14H2,1-4H3,(H,24,28)(H,25,27). The van der Waals surface area contributed by atoms with Crippen molar-refractivity contribution in [3.63, 3.8) is 0 Å². The Bertz CT molecular complexity index is 860. The summed E-state index contributed by atoms with van der Waals surface area (Å²) in [4.78, 5) is 36.4. The van der Waals surface area contributed by atoms with Gasteiger partial charge >= 0.3 is 12.1 Å². The Balaban J connectivity index is 2.11. The van der Waals surface area contributed by atoms with E-state index < -0.39 is 12.1 Å². The zero-order chi connectivity index (χ0) is 22.1. The number of aryl methyl sites for hydroxylation is 1. The lowest BCUT2D eigenvalue weighted by Crippen LogP contribution is -2.31. The third-order valence-corrected chi connectivity index (χ3v) is 4.19. The number of carbonyl (C=O) groups is 3. The largest absolute Gasteiger partial charge is 0.463 e. The van der Waals surface area contributed by atoms with Crippen molar-refractivity contribution in [2.24, 2.45) is 0 Å². The molecule has 2 aromatic rings. The summed E-state index contributed by atoms with van der Waals surface area (Å²) in [6, 6.07) is 13.5. The van der Waals surface area contributed by atoms with Gasteiger partial charge in [-0.1, -0.05) is 29.8 Å². The molecule has 2 aromatic carbocycles. The molecule has 0 heterocycles. The van der Waals surface area contributed by atoms with Crippen LogP contribution in [0, 0.1) is 6.92 Å². The first kappa shape index (κ1) is 22.9. The molecule has 0 fully saturated rings. The van der Waals surface area contributed by atoms with Crippen molar-refractivity contribution < 1.29 is 23.9 Å². The summed E-state index contributed by atoms with van der Waals surface area (Å²) >= 11 is 0. The van der Waals surface area contributed by atoms with Crippen molar-refractivity contribution in [2.75, 3.05) is 11.9 Å². The molecule has 0 bridgehead atoms. The van der Waals surface area contributed by atoms with Gasteiger partial charge in [0.2, 0.25) is 0 Å². The van der Waals surface area contributed by atoms with Crippen LogP contribution in [0.25, 0.3) is 0 Å². The molecular formula is C23H28N2O5. The maximum absolute atomic E-state index is 12.8. The van der Waals surface area contributed by atoms with Gasteiger partial charge in [0.15, 0.2) is 0 Å². The highest BCUT2D eigenvalue weighted by atomic mass is 16.5. The molecule has 2 N–H and O–H groups in total. The number of carbonyl (C=O) groups excluding carboxylic acids is 3. The van der Waals surface area contributed by atoms with E-state index in [1.807, 2.05) is 31.2 Å². The van der Waals surface area contributed by atoms with Crippen molar-refractivity contribution in [3.05, 3.63) is 65.2 Å². The van der Waals surface area contributed by atoms with E-state index in [9.17, 15) is 14.4 Å². The Morgan fingerprint density at radius 1 is 0.967 bits per heavy atom. The molecule has 0 aliphatic carbocycles. The number of hydrogen-bond acceptors (Lipinski definition) is 5. The third kappa shape index (κ3) is 7.24. The van der Waals surface area contributed by atoms with Crippen LogP contribution in [0.1, 0.15) is 54.7 Å². The van der Waals surface area contributed by atoms with Gasteiger partial charge in [-0.25, -0.2) is 4.79 Å². The van der Waals surface area contributed by atoms with Crippen LogP contribution in [-0.4, -0.2) is 30.7 Å². The van der Waals surface area contributed by atoms with E-state index in [1.165, 1.54) is 0 Å². The molecule has 7 heteroatoms. The highest BCUT2D eigenvalue weighted by Crippen LogP contribution is 2.20. The first-order valence-corrected chi connectivity index (χ1v) is 9.89. The first-order valence-electron chi connectivity index (χ1n) is 9.89. The monoisotopic (exact) mass is 412 g/mol. The number of nitrogens with one attached hydrogen (secondary N) is 2. The maximum Gasteiger partial charge on any atom is 0.411 e. The molecule has 0 aliphatic rings. The zero-order valence-corrected chi connectivity index (χ0v) is 17.7. The Morgan fingerprint density at radius 2 is 1.60 bits per heavy atom. The van der Waals surface area contributed by atoms with E-state index in [4.69, 9.17) is 9.47 Å². The average Bonchev–Trinajstić information content (AvgIpc) is 2.68. The van der Waals surface area contributed by atoms with Gasteiger partial charge in [-0.15, -0.1) is 0 Å². The molecule has 30 heavy (non-hydrogen) atoms. The van der Waals surface area contributed by atoms with Crippen molar-refractivity contribution >= 4 is 23.7 Å². The third-order valence-electron chi connectivity index (χ3n) is 4.19. The SMILES string of the molecule is CCOC(=O)Nc1ccc(C(=O)NC(CC(=O)OC(C)C)c2ccc(C)cc2)cc1. The van der Waals surface area contributed by atoms with Crippen molar-refractivity contribution in [1.82, 2.24) is 5.32 Å². The minimum atomic E-state index is -0.558. The highest BCUT2D eigenvalue weighted by Gasteiger charge is 2.21. The molecule has 1 unspecified atom stereocenters. The average molecular weight is 412 g/mol. The Hall–Kier alpha value is -3.35. The fourth-order valence-corrected chi connectivity index (χ4v) is 2.76. The van der Waals surface area contributed by atoms with E-state index >= 15 is 0 Å². The van der Waals surface area contributed by atoms with Crippen LogP contribution in [0.15, 0.2) is 48.5 Å². The maximum atomic E-state index is 12.8. The fraction of sp³-hybridized carbons (Fsp3) is 0.348. The van der Waals surface area contributed by atoms with Crippen LogP contribution < -0.4 is 10.6 Å². The lowest BCUT2D eigenvalue weighted by molar-refractivity contribution is -0.147. The minimum absolute atomic E-state index is 0.0233. The van der Waals surface area contributed by atoms with E-state index in [-0.39, 0.29) is 31.0 Å². The molecule has 1 atom stereocenters. The normalized spacial score (nSPS) is 11.5. The van der Waals surface area contributed by atoms with Crippen LogP contribution in [0.3, 0.4) is 0 Å². The second-order valence-corrected chi connectivity index (χ2v) is 7.10. The number of amides is 2. The van der Waals surface area contributed by atoms with E-state index in [1.54, 1.807) is 45.0 Å². The number of esters is 1. The minimum Gasteiger partial charge on any atom is -0.463 e. The van der Waals surface area contributed by atoms with Crippen LogP contribution in [-0.2, 0) is 14.3 Å².